The topological polar surface area (TPSA) is 94.2 Å². The SMILES string of the molecule is CCOc1cc(C(=O)Nc2cccc(N3C(=O)c4ccccc4C3=O)c2)cc(OCC)c1OCC. The first-order valence-corrected chi connectivity index (χ1v) is 11.4. The highest BCUT2D eigenvalue weighted by Crippen LogP contribution is 2.39. The molecule has 1 aliphatic rings. The zero-order valence-electron chi connectivity index (χ0n) is 19.8. The summed E-state index contributed by atoms with van der Waals surface area (Å²) in [5.74, 6) is 0.0527. The highest BCUT2D eigenvalue weighted by Gasteiger charge is 2.36. The van der Waals surface area contributed by atoms with Crippen molar-refractivity contribution in [2.24, 2.45) is 0 Å². The Morgan fingerprint density at radius 3 is 1.89 bits per heavy atom. The summed E-state index contributed by atoms with van der Waals surface area (Å²) in [4.78, 5) is 39.9. The van der Waals surface area contributed by atoms with Crippen LogP contribution in [-0.4, -0.2) is 37.5 Å². The minimum Gasteiger partial charge on any atom is -0.490 e. The van der Waals surface area contributed by atoms with Gasteiger partial charge in [0.05, 0.1) is 36.6 Å². The predicted molar refractivity (Wildman–Crippen MR) is 132 cm³/mol. The molecule has 0 atom stereocenters. The highest BCUT2D eigenvalue weighted by molar-refractivity contribution is 6.34. The average molecular weight is 475 g/mol. The molecule has 8 heteroatoms. The molecule has 8 nitrogen and oxygen atoms in total. The maximum absolute atomic E-state index is 13.1. The molecule has 0 aliphatic carbocycles. The van der Waals surface area contributed by atoms with Gasteiger partial charge in [0, 0.05) is 11.3 Å². The first-order valence-electron chi connectivity index (χ1n) is 11.4. The number of hydrogen-bond acceptors (Lipinski definition) is 6. The molecular weight excluding hydrogens is 448 g/mol. The molecule has 1 aliphatic heterocycles. The molecule has 0 saturated heterocycles. The minimum atomic E-state index is -0.408. The molecule has 3 aromatic rings. The Kier molecular flexibility index (Phi) is 7.01. The normalized spacial score (nSPS) is 12.4. The van der Waals surface area contributed by atoms with Crippen molar-refractivity contribution in [1.82, 2.24) is 0 Å². The van der Waals surface area contributed by atoms with Crippen molar-refractivity contribution < 1.29 is 28.6 Å². The van der Waals surface area contributed by atoms with E-state index in [-0.39, 0.29) is 0 Å². The van der Waals surface area contributed by atoms with Crippen molar-refractivity contribution in [2.75, 3.05) is 30.0 Å². The molecule has 1 heterocycles. The maximum atomic E-state index is 13.1. The predicted octanol–water partition coefficient (Wildman–Crippen LogP) is 4.94. The number of rotatable bonds is 9. The van der Waals surface area contributed by atoms with Crippen LogP contribution in [-0.2, 0) is 0 Å². The summed E-state index contributed by atoms with van der Waals surface area (Å²) in [6.45, 7) is 6.73. The van der Waals surface area contributed by atoms with Crippen LogP contribution in [0.25, 0.3) is 0 Å². The molecule has 0 bridgehead atoms. The van der Waals surface area contributed by atoms with Crippen LogP contribution >= 0.6 is 0 Å². The fourth-order valence-corrected chi connectivity index (χ4v) is 3.87. The maximum Gasteiger partial charge on any atom is 0.266 e. The van der Waals surface area contributed by atoms with Gasteiger partial charge < -0.3 is 19.5 Å². The molecule has 0 unspecified atom stereocenters. The average Bonchev–Trinajstić information content (AvgIpc) is 3.11. The van der Waals surface area contributed by atoms with Gasteiger partial charge in [-0.2, -0.15) is 0 Å². The van der Waals surface area contributed by atoms with Gasteiger partial charge in [-0.05, 0) is 63.2 Å². The summed E-state index contributed by atoms with van der Waals surface area (Å²) < 4.78 is 17.1. The van der Waals surface area contributed by atoms with Crippen LogP contribution in [0.15, 0.2) is 60.7 Å². The lowest BCUT2D eigenvalue weighted by molar-refractivity contribution is 0.0925. The fraction of sp³-hybridized carbons (Fsp3) is 0.222. The molecule has 35 heavy (non-hydrogen) atoms. The van der Waals surface area contributed by atoms with E-state index >= 15 is 0 Å². The first kappa shape index (κ1) is 23.8. The lowest BCUT2D eigenvalue weighted by Gasteiger charge is -2.18. The van der Waals surface area contributed by atoms with E-state index in [1.165, 1.54) is 0 Å². The highest BCUT2D eigenvalue weighted by atomic mass is 16.5. The van der Waals surface area contributed by atoms with Gasteiger partial charge in [0.25, 0.3) is 17.7 Å². The molecular formula is C27H26N2O6. The van der Waals surface area contributed by atoms with Crippen LogP contribution in [0, 0.1) is 0 Å². The third-order valence-corrected chi connectivity index (χ3v) is 5.33. The van der Waals surface area contributed by atoms with E-state index in [4.69, 9.17) is 14.2 Å². The molecule has 180 valence electrons. The number of fused-ring (bicyclic) bond motifs is 1. The second-order valence-electron chi connectivity index (χ2n) is 7.60. The summed E-state index contributed by atoms with van der Waals surface area (Å²) in [5.41, 5.74) is 1.81. The molecule has 0 aromatic heterocycles. The number of ether oxygens (including phenoxy) is 3. The van der Waals surface area contributed by atoms with E-state index in [0.29, 0.717) is 65.1 Å². The van der Waals surface area contributed by atoms with Crippen LogP contribution < -0.4 is 24.4 Å². The van der Waals surface area contributed by atoms with Crippen LogP contribution in [0.5, 0.6) is 17.2 Å². The van der Waals surface area contributed by atoms with Gasteiger partial charge >= 0.3 is 0 Å². The monoisotopic (exact) mass is 474 g/mol. The summed E-state index contributed by atoms with van der Waals surface area (Å²) >= 11 is 0. The van der Waals surface area contributed by atoms with Crippen molar-refractivity contribution in [1.29, 1.82) is 0 Å². The Labute approximate surface area is 203 Å². The number of hydrogen-bond donors (Lipinski definition) is 1. The van der Waals surface area contributed by atoms with Crippen LogP contribution in [0.2, 0.25) is 0 Å². The number of amides is 3. The largest absolute Gasteiger partial charge is 0.490 e. The number of imide groups is 1. The van der Waals surface area contributed by atoms with Crippen LogP contribution in [0.4, 0.5) is 11.4 Å². The van der Waals surface area contributed by atoms with Crippen molar-refractivity contribution in [3.8, 4) is 17.2 Å². The molecule has 4 rings (SSSR count). The Bertz CT molecular complexity index is 1220. The van der Waals surface area contributed by atoms with Gasteiger partial charge in [-0.15, -0.1) is 0 Å². The second-order valence-corrected chi connectivity index (χ2v) is 7.60. The van der Waals surface area contributed by atoms with E-state index in [2.05, 4.69) is 5.32 Å². The van der Waals surface area contributed by atoms with E-state index in [9.17, 15) is 14.4 Å². The van der Waals surface area contributed by atoms with Gasteiger partial charge in [-0.25, -0.2) is 4.90 Å². The molecule has 0 saturated carbocycles. The number of benzene rings is 3. The molecule has 0 spiro atoms. The number of nitrogens with zero attached hydrogens (tertiary/aromatic N) is 1. The Hall–Kier alpha value is -4.33. The number of carbonyl (C=O) groups is 3. The van der Waals surface area contributed by atoms with Gasteiger partial charge in [0.1, 0.15) is 0 Å². The van der Waals surface area contributed by atoms with Crippen molar-refractivity contribution in [3.05, 3.63) is 77.4 Å². The van der Waals surface area contributed by atoms with Crippen LogP contribution in [0.3, 0.4) is 0 Å². The Balaban J connectivity index is 1.61. The summed E-state index contributed by atoms with van der Waals surface area (Å²) in [7, 11) is 0. The molecule has 3 amide bonds. The number of carbonyl (C=O) groups excluding carboxylic acids is 3. The number of anilines is 2. The van der Waals surface area contributed by atoms with Crippen molar-refractivity contribution in [3.63, 3.8) is 0 Å². The second kappa shape index (κ2) is 10.3. The summed E-state index contributed by atoms with van der Waals surface area (Å²) in [6, 6.07) is 16.5. The minimum absolute atomic E-state index is 0.312. The molecule has 0 fully saturated rings. The quantitative estimate of drug-likeness (QED) is 0.442. The lowest BCUT2D eigenvalue weighted by atomic mass is 10.1. The zero-order chi connectivity index (χ0) is 24.9. The third-order valence-electron chi connectivity index (χ3n) is 5.33. The van der Waals surface area contributed by atoms with Gasteiger partial charge in [-0.3, -0.25) is 14.4 Å². The molecule has 1 N–H and O–H groups in total. The lowest BCUT2D eigenvalue weighted by Crippen LogP contribution is -2.29. The Morgan fingerprint density at radius 1 is 0.771 bits per heavy atom. The first-order chi connectivity index (χ1) is 17.0. The van der Waals surface area contributed by atoms with Crippen molar-refractivity contribution >= 4 is 29.1 Å². The fourth-order valence-electron chi connectivity index (χ4n) is 3.87. The summed E-state index contributed by atoms with van der Waals surface area (Å²) in [6.07, 6.45) is 0. The van der Waals surface area contributed by atoms with Crippen LogP contribution in [0.1, 0.15) is 51.8 Å². The summed E-state index contributed by atoms with van der Waals surface area (Å²) in [5, 5.41) is 2.82. The van der Waals surface area contributed by atoms with E-state index in [1.807, 2.05) is 20.8 Å². The smallest absolute Gasteiger partial charge is 0.266 e. The standard InChI is InChI=1S/C27H26N2O6/c1-4-33-22-14-17(15-23(34-5-2)24(22)35-6-3)25(30)28-18-10-9-11-19(16-18)29-26(31)20-12-7-8-13-21(20)27(29)32/h7-16H,4-6H2,1-3H3,(H,28,30). The van der Waals surface area contributed by atoms with E-state index < -0.39 is 17.7 Å². The van der Waals surface area contributed by atoms with Gasteiger partial charge in [0.15, 0.2) is 11.5 Å². The number of nitrogens with one attached hydrogen (secondary N) is 1. The van der Waals surface area contributed by atoms with Crippen molar-refractivity contribution in [2.45, 2.75) is 20.8 Å². The molecule has 0 radical (unpaired) electrons. The van der Waals surface area contributed by atoms with Gasteiger partial charge in [0.2, 0.25) is 5.75 Å². The van der Waals surface area contributed by atoms with E-state index in [0.717, 1.165) is 4.90 Å². The zero-order valence-corrected chi connectivity index (χ0v) is 19.8. The molecule has 3 aromatic carbocycles. The third kappa shape index (κ3) is 4.68. The van der Waals surface area contributed by atoms with Gasteiger partial charge in [-0.1, -0.05) is 18.2 Å². The van der Waals surface area contributed by atoms with E-state index in [1.54, 1.807) is 60.7 Å². The Morgan fingerprint density at radius 2 is 1.34 bits per heavy atom.